The Labute approximate surface area is 153 Å². The summed E-state index contributed by atoms with van der Waals surface area (Å²) in [4.78, 5) is 2.22. The van der Waals surface area contributed by atoms with Crippen LogP contribution in [0.25, 0.3) is 0 Å². The summed E-state index contributed by atoms with van der Waals surface area (Å²) < 4.78 is 43.3. The third-order valence-corrected chi connectivity index (χ3v) is 3.66. The van der Waals surface area contributed by atoms with Crippen molar-refractivity contribution in [2.75, 3.05) is 20.2 Å². The van der Waals surface area contributed by atoms with Crippen molar-refractivity contribution in [2.45, 2.75) is 25.6 Å². The molecule has 0 spiro atoms. The molecule has 0 aliphatic heterocycles. The molecule has 2 aromatic carbocycles. The summed E-state index contributed by atoms with van der Waals surface area (Å²) in [5.74, 6) is 0.266. The largest absolute Gasteiger partial charge is 0.494 e. The first kappa shape index (κ1) is 21.3. The lowest BCUT2D eigenvalue weighted by Crippen LogP contribution is -2.19. The second-order valence-electron chi connectivity index (χ2n) is 5.80. The third kappa shape index (κ3) is 7.80. The molecular formula is C19H23ClF3NO. The molecule has 138 valence electrons. The average Bonchev–Trinajstić information content (AvgIpc) is 2.55. The molecule has 0 unspecified atom stereocenters. The normalized spacial score (nSPS) is 11.2. The molecule has 0 fully saturated rings. The first-order valence-corrected chi connectivity index (χ1v) is 7.98. The predicted octanol–water partition coefficient (Wildman–Crippen LogP) is 5.42. The van der Waals surface area contributed by atoms with Gasteiger partial charge in [0.25, 0.3) is 0 Å². The molecule has 2 aromatic rings. The Balaban J connectivity index is 0.00000312. The second kappa shape index (κ2) is 10.3. The van der Waals surface area contributed by atoms with E-state index in [-0.39, 0.29) is 18.2 Å². The number of benzene rings is 2. The van der Waals surface area contributed by atoms with Gasteiger partial charge in [0, 0.05) is 6.54 Å². The predicted molar refractivity (Wildman–Crippen MR) is 96.2 cm³/mol. The molecule has 25 heavy (non-hydrogen) atoms. The van der Waals surface area contributed by atoms with Crippen LogP contribution in [0.2, 0.25) is 0 Å². The molecule has 0 heterocycles. The highest BCUT2D eigenvalue weighted by atomic mass is 35.5. The zero-order valence-electron chi connectivity index (χ0n) is 14.1. The highest BCUT2D eigenvalue weighted by molar-refractivity contribution is 5.85. The van der Waals surface area contributed by atoms with Crippen LogP contribution in [0.5, 0.6) is 5.75 Å². The molecule has 0 amide bonds. The van der Waals surface area contributed by atoms with E-state index < -0.39 is 11.7 Å². The van der Waals surface area contributed by atoms with Crippen LogP contribution in [0.1, 0.15) is 24.0 Å². The van der Waals surface area contributed by atoms with E-state index in [2.05, 4.69) is 24.1 Å². The number of halogens is 4. The van der Waals surface area contributed by atoms with Crippen molar-refractivity contribution < 1.29 is 17.9 Å². The fourth-order valence-corrected chi connectivity index (χ4v) is 2.41. The molecule has 0 radical (unpaired) electrons. The van der Waals surface area contributed by atoms with Crippen LogP contribution in [-0.2, 0) is 12.7 Å². The van der Waals surface area contributed by atoms with Gasteiger partial charge in [-0.15, -0.1) is 12.4 Å². The minimum atomic E-state index is -4.33. The van der Waals surface area contributed by atoms with Gasteiger partial charge in [-0.05, 0) is 50.2 Å². The van der Waals surface area contributed by atoms with Crippen LogP contribution >= 0.6 is 12.4 Å². The van der Waals surface area contributed by atoms with E-state index in [9.17, 15) is 13.2 Å². The van der Waals surface area contributed by atoms with E-state index in [1.165, 1.54) is 11.6 Å². The number of rotatable bonds is 8. The maximum Gasteiger partial charge on any atom is 0.416 e. The Morgan fingerprint density at radius 3 is 2.36 bits per heavy atom. The zero-order chi connectivity index (χ0) is 17.4. The fraction of sp³-hybridized carbons (Fsp3) is 0.368. The van der Waals surface area contributed by atoms with Crippen molar-refractivity contribution in [3.8, 4) is 5.75 Å². The minimum absolute atomic E-state index is 0. The summed E-state index contributed by atoms with van der Waals surface area (Å²) in [7, 11) is 2.06. The summed E-state index contributed by atoms with van der Waals surface area (Å²) in [6, 6.07) is 15.2. The third-order valence-electron chi connectivity index (χ3n) is 3.66. The molecule has 2 nitrogen and oxygen atoms in total. The van der Waals surface area contributed by atoms with E-state index in [0.717, 1.165) is 38.1 Å². The molecule has 0 bridgehead atoms. The fourth-order valence-electron chi connectivity index (χ4n) is 2.41. The van der Waals surface area contributed by atoms with Gasteiger partial charge in [0.15, 0.2) is 0 Å². The van der Waals surface area contributed by atoms with Gasteiger partial charge in [0.1, 0.15) is 5.75 Å². The van der Waals surface area contributed by atoms with Crippen molar-refractivity contribution in [3.63, 3.8) is 0 Å². The zero-order valence-corrected chi connectivity index (χ0v) is 14.9. The second-order valence-corrected chi connectivity index (χ2v) is 5.80. The van der Waals surface area contributed by atoms with Crippen LogP contribution in [0.3, 0.4) is 0 Å². The number of hydrogen-bond donors (Lipinski definition) is 0. The smallest absolute Gasteiger partial charge is 0.416 e. The van der Waals surface area contributed by atoms with Gasteiger partial charge in [-0.25, -0.2) is 0 Å². The van der Waals surface area contributed by atoms with Crippen LogP contribution in [-0.4, -0.2) is 25.1 Å². The van der Waals surface area contributed by atoms with E-state index in [1.54, 1.807) is 6.07 Å². The lowest BCUT2D eigenvalue weighted by molar-refractivity contribution is -0.137. The summed E-state index contributed by atoms with van der Waals surface area (Å²) in [5.41, 5.74) is 0.586. The summed E-state index contributed by atoms with van der Waals surface area (Å²) in [6.07, 6.45) is -2.60. The Hall–Kier alpha value is -1.72. The maximum absolute atomic E-state index is 12.6. The van der Waals surface area contributed by atoms with Gasteiger partial charge < -0.3 is 9.64 Å². The van der Waals surface area contributed by atoms with Gasteiger partial charge in [-0.3, -0.25) is 0 Å². The standard InChI is InChI=1S/C19H22F3NO.ClH/c1-23(15-16-8-3-2-4-9-16)12-5-6-13-24-18-11-7-10-17(14-18)19(20,21)22;/h2-4,7-11,14H,5-6,12-13,15H2,1H3;1H. The van der Waals surface area contributed by atoms with Crippen molar-refractivity contribution >= 4 is 12.4 Å². The van der Waals surface area contributed by atoms with Crippen LogP contribution in [0.4, 0.5) is 13.2 Å². The van der Waals surface area contributed by atoms with Gasteiger partial charge in [0.2, 0.25) is 0 Å². The summed E-state index contributed by atoms with van der Waals surface area (Å²) in [6.45, 7) is 2.22. The van der Waals surface area contributed by atoms with Crippen LogP contribution < -0.4 is 4.74 Å². The van der Waals surface area contributed by atoms with Crippen LogP contribution in [0.15, 0.2) is 54.6 Å². The first-order valence-electron chi connectivity index (χ1n) is 7.98. The highest BCUT2D eigenvalue weighted by Gasteiger charge is 2.30. The number of unbranched alkanes of at least 4 members (excludes halogenated alkanes) is 1. The van der Waals surface area contributed by atoms with Gasteiger partial charge in [-0.2, -0.15) is 13.2 Å². The number of hydrogen-bond acceptors (Lipinski definition) is 2. The highest BCUT2D eigenvalue weighted by Crippen LogP contribution is 2.31. The van der Waals surface area contributed by atoms with E-state index >= 15 is 0 Å². The number of nitrogens with zero attached hydrogens (tertiary/aromatic N) is 1. The molecule has 0 aliphatic carbocycles. The molecule has 0 saturated heterocycles. The Morgan fingerprint density at radius 2 is 1.68 bits per heavy atom. The number of alkyl halides is 3. The Bertz CT molecular complexity index is 620. The Kier molecular flexibility index (Phi) is 8.79. The van der Waals surface area contributed by atoms with Crippen LogP contribution in [0, 0.1) is 0 Å². The average molecular weight is 374 g/mol. The molecule has 0 atom stereocenters. The van der Waals surface area contributed by atoms with Crippen molar-refractivity contribution in [3.05, 3.63) is 65.7 Å². The molecule has 2 rings (SSSR count). The number of ether oxygens (including phenoxy) is 1. The van der Waals surface area contributed by atoms with Gasteiger partial charge in [0.05, 0.1) is 12.2 Å². The van der Waals surface area contributed by atoms with E-state index in [4.69, 9.17) is 4.74 Å². The first-order chi connectivity index (χ1) is 11.4. The quantitative estimate of drug-likeness (QED) is 0.573. The Morgan fingerprint density at radius 1 is 0.960 bits per heavy atom. The van der Waals surface area contributed by atoms with E-state index in [0.29, 0.717) is 6.61 Å². The SMILES string of the molecule is CN(CCCCOc1cccc(C(F)(F)F)c1)Cc1ccccc1.Cl. The van der Waals surface area contributed by atoms with Crippen molar-refractivity contribution in [1.82, 2.24) is 4.90 Å². The molecule has 0 N–H and O–H groups in total. The topological polar surface area (TPSA) is 12.5 Å². The van der Waals surface area contributed by atoms with Gasteiger partial charge >= 0.3 is 6.18 Å². The van der Waals surface area contributed by atoms with Gasteiger partial charge in [-0.1, -0.05) is 36.4 Å². The van der Waals surface area contributed by atoms with E-state index in [1.807, 2.05) is 18.2 Å². The van der Waals surface area contributed by atoms with Crippen molar-refractivity contribution in [2.24, 2.45) is 0 Å². The van der Waals surface area contributed by atoms with Crippen molar-refractivity contribution in [1.29, 1.82) is 0 Å². The molecule has 0 saturated carbocycles. The minimum Gasteiger partial charge on any atom is -0.494 e. The lowest BCUT2D eigenvalue weighted by Gasteiger charge is -2.16. The molecule has 6 heteroatoms. The summed E-state index contributed by atoms with van der Waals surface area (Å²) in [5, 5.41) is 0. The molecular weight excluding hydrogens is 351 g/mol. The monoisotopic (exact) mass is 373 g/mol. The maximum atomic E-state index is 12.6. The lowest BCUT2D eigenvalue weighted by atomic mass is 10.2. The molecule has 0 aliphatic rings. The summed E-state index contributed by atoms with van der Waals surface area (Å²) >= 11 is 0. The molecule has 0 aromatic heterocycles.